The van der Waals surface area contributed by atoms with Crippen molar-refractivity contribution in [3.05, 3.63) is 17.0 Å². The van der Waals surface area contributed by atoms with E-state index < -0.39 is 0 Å². The number of carbonyl (C=O) groups excluding carboxylic acids is 1. The minimum absolute atomic E-state index is 0.0870. The molecule has 130 valence electrons. The highest BCUT2D eigenvalue weighted by Gasteiger charge is 2.24. The number of aryl methyl sites for hydroxylation is 2. The predicted molar refractivity (Wildman–Crippen MR) is 88.3 cm³/mol. The van der Waals surface area contributed by atoms with Crippen LogP contribution in [0.3, 0.4) is 0 Å². The average molecular weight is 323 g/mol. The molecule has 0 radical (unpaired) electrons. The minimum Gasteiger partial charge on any atom is -0.379 e. The smallest absolute Gasteiger partial charge is 0.220 e. The van der Waals surface area contributed by atoms with Gasteiger partial charge >= 0.3 is 0 Å². The van der Waals surface area contributed by atoms with Crippen LogP contribution in [-0.2, 0) is 16.0 Å². The van der Waals surface area contributed by atoms with Gasteiger partial charge in [0.1, 0.15) is 5.76 Å². The van der Waals surface area contributed by atoms with Crippen LogP contribution in [0.25, 0.3) is 0 Å². The van der Waals surface area contributed by atoms with Crippen LogP contribution in [0.15, 0.2) is 4.52 Å². The van der Waals surface area contributed by atoms with Gasteiger partial charge in [-0.1, -0.05) is 19.0 Å². The van der Waals surface area contributed by atoms with Gasteiger partial charge in [0.05, 0.1) is 18.9 Å². The normalized spacial score (nSPS) is 17.4. The first-order valence-corrected chi connectivity index (χ1v) is 8.49. The van der Waals surface area contributed by atoms with Crippen molar-refractivity contribution in [2.45, 2.75) is 46.6 Å². The molecule has 6 nitrogen and oxygen atoms in total. The monoisotopic (exact) mass is 323 g/mol. The third-order valence-electron chi connectivity index (χ3n) is 4.58. The van der Waals surface area contributed by atoms with Gasteiger partial charge in [-0.05, 0) is 26.2 Å². The summed E-state index contributed by atoms with van der Waals surface area (Å²) in [5, 5.41) is 7.02. The largest absolute Gasteiger partial charge is 0.379 e. The molecular formula is C17H29N3O3. The highest BCUT2D eigenvalue weighted by atomic mass is 16.5. The Hall–Kier alpha value is -1.40. The fourth-order valence-corrected chi connectivity index (χ4v) is 3.10. The Morgan fingerprint density at radius 2 is 2.00 bits per heavy atom. The fraction of sp³-hybridized carbons (Fsp3) is 0.765. The summed E-state index contributed by atoms with van der Waals surface area (Å²) in [6.45, 7) is 12.4. The van der Waals surface area contributed by atoms with E-state index in [2.05, 4.69) is 29.2 Å². The highest BCUT2D eigenvalue weighted by Crippen LogP contribution is 2.15. The topological polar surface area (TPSA) is 67.6 Å². The van der Waals surface area contributed by atoms with Gasteiger partial charge in [0.25, 0.3) is 0 Å². The first-order valence-electron chi connectivity index (χ1n) is 8.49. The van der Waals surface area contributed by atoms with E-state index in [4.69, 9.17) is 9.26 Å². The van der Waals surface area contributed by atoms with Crippen molar-refractivity contribution < 1.29 is 14.1 Å². The zero-order valence-electron chi connectivity index (χ0n) is 14.7. The van der Waals surface area contributed by atoms with Gasteiger partial charge < -0.3 is 14.6 Å². The number of nitrogens with zero attached hydrogens (tertiary/aromatic N) is 2. The Labute approximate surface area is 138 Å². The number of nitrogens with one attached hydrogen (secondary N) is 1. The molecule has 1 fully saturated rings. The average Bonchev–Trinajstić information content (AvgIpc) is 2.85. The second kappa shape index (κ2) is 8.45. The number of amides is 1. The van der Waals surface area contributed by atoms with E-state index in [1.807, 2.05) is 13.8 Å². The zero-order chi connectivity index (χ0) is 16.8. The van der Waals surface area contributed by atoms with Gasteiger partial charge in [0.15, 0.2) is 0 Å². The molecule has 0 spiro atoms. The molecule has 1 aliphatic rings. The molecule has 1 aromatic heterocycles. The summed E-state index contributed by atoms with van der Waals surface area (Å²) in [4.78, 5) is 14.6. The van der Waals surface area contributed by atoms with Crippen LogP contribution in [0.2, 0.25) is 0 Å². The van der Waals surface area contributed by atoms with E-state index >= 15 is 0 Å². The van der Waals surface area contributed by atoms with E-state index in [1.165, 1.54) is 0 Å². The van der Waals surface area contributed by atoms with E-state index in [-0.39, 0.29) is 5.91 Å². The second-order valence-electron chi connectivity index (χ2n) is 6.57. The van der Waals surface area contributed by atoms with Crippen LogP contribution < -0.4 is 5.32 Å². The lowest BCUT2D eigenvalue weighted by atomic mass is 10.0. The van der Waals surface area contributed by atoms with E-state index in [0.717, 1.165) is 43.3 Å². The first-order chi connectivity index (χ1) is 11.0. The number of morpholine rings is 1. The Balaban J connectivity index is 1.79. The quantitative estimate of drug-likeness (QED) is 0.827. The summed E-state index contributed by atoms with van der Waals surface area (Å²) >= 11 is 0. The Bertz CT molecular complexity index is 488. The SMILES string of the molecule is Cc1noc(C)c1CCC(=O)NCC(C(C)C)N1CCOCC1. The molecule has 1 saturated heterocycles. The maximum absolute atomic E-state index is 12.2. The van der Waals surface area contributed by atoms with Gasteiger partial charge in [0.2, 0.25) is 5.91 Å². The fourth-order valence-electron chi connectivity index (χ4n) is 3.10. The van der Waals surface area contributed by atoms with Crippen LogP contribution in [0.4, 0.5) is 0 Å². The molecular weight excluding hydrogens is 294 g/mol. The van der Waals surface area contributed by atoms with Crippen molar-refractivity contribution in [1.82, 2.24) is 15.4 Å². The van der Waals surface area contributed by atoms with E-state index in [1.54, 1.807) is 0 Å². The van der Waals surface area contributed by atoms with Crippen LogP contribution in [0.5, 0.6) is 0 Å². The number of ether oxygens (including phenoxy) is 1. The maximum atomic E-state index is 12.2. The van der Waals surface area contributed by atoms with Gasteiger partial charge in [0, 0.05) is 37.7 Å². The molecule has 1 unspecified atom stereocenters. The van der Waals surface area contributed by atoms with Crippen molar-refractivity contribution in [2.75, 3.05) is 32.8 Å². The summed E-state index contributed by atoms with van der Waals surface area (Å²) in [5.41, 5.74) is 1.93. The lowest BCUT2D eigenvalue weighted by molar-refractivity contribution is -0.121. The van der Waals surface area contributed by atoms with Crippen LogP contribution >= 0.6 is 0 Å². The Morgan fingerprint density at radius 1 is 1.30 bits per heavy atom. The molecule has 1 aliphatic heterocycles. The molecule has 1 aromatic rings. The molecule has 1 amide bonds. The van der Waals surface area contributed by atoms with Gasteiger partial charge in [-0.2, -0.15) is 0 Å². The van der Waals surface area contributed by atoms with Crippen LogP contribution in [0, 0.1) is 19.8 Å². The van der Waals surface area contributed by atoms with Crippen LogP contribution in [-0.4, -0.2) is 54.9 Å². The van der Waals surface area contributed by atoms with Crippen LogP contribution in [0.1, 0.15) is 37.3 Å². The number of hydrogen-bond donors (Lipinski definition) is 1. The number of rotatable bonds is 7. The highest BCUT2D eigenvalue weighted by molar-refractivity contribution is 5.76. The Morgan fingerprint density at radius 3 is 2.57 bits per heavy atom. The third-order valence-corrected chi connectivity index (χ3v) is 4.58. The van der Waals surface area contributed by atoms with E-state index in [9.17, 15) is 4.79 Å². The summed E-state index contributed by atoms with van der Waals surface area (Å²) in [6.07, 6.45) is 1.15. The third kappa shape index (κ3) is 5.04. The summed E-state index contributed by atoms with van der Waals surface area (Å²) < 4.78 is 10.6. The molecule has 2 rings (SSSR count). The number of aromatic nitrogens is 1. The summed E-state index contributed by atoms with van der Waals surface area (Å²) in [5.74, 6) is 1.39. The molecule has 6 heteroatoms. The van der Waals surface area contributed by atoms with Crippen molar-refractivity contribution in [3.8, 4) is 0 Å². The molecule has 1 atom stereocenters. The molecule has 2 heterocycles. The summed E-state index contributed by atoms with van der Waals surface area (Å²) in [6, 6.07) is 0.363. The molecule has 0 bridgehead atoms. The van der Waals surface area contributed by atoms with Crippen molar-refractivity contribution >= 4 is 5.91 Å². The molecule has 0 aliphatic carbocycles. The van der Waals surface area contributed by atoms with E-state index in [0.29, 0.717) is 31.3 Å². The molecule has 0 aromatic carbocycles. The summed E-state index contributed by atoms with van der Waals surface area (Å²) in [7, 11) is 0. The van der Waals surface area contributed by atoms with Crippen molar-refractivity contribution in [3.63, 3.8) is 0 Å². The lowest BCUT2D eigenvalue weighted by Crippen LogP contribution is -2.51. The van der Waals surface area contributed by atoms with Crippen molar-refractivity contribution in [2.24, 2.45) is 5.92 Å². The Kier molecular flexibility index (Phi) is 6.59. The predicted octanol–water partition coefficient (Wildman–Crippen LogP) is 1.70. The van der Waals surface area contributed by atoms with Gasteiger partial charge in [-0.25, -0.2) is 0 Å². The standard InChI is InChI=1S/C17H29N3O3/c1-12(2)16(20-7-9-22-10-8-20)11-18-17(21)6-5-15-13(3)19-23-14(15)4/h12,16H,5-11H2,1-4H3,(H,18,21). The molecule has 1 N–H and O–H groups in total. The van der Waals surface area contributed by atoms with Gasteiger partial charge in [-0.15, -0.1) is 0 Å². The minimum atomic E-state index is 0.0870. The van der Waals surface area contributed by atoms with Gasteiger partial charge in [-0.3, -0.25) is 9.69 Å². The maximum Gasteiger partial charge on any atom is 0.220 e. The van der Waals surface area contributed by atoms with Crippen molar-refractivity contribution in [1.29, 1.82) is 0 Å². The molecule has 23 heavy (non-hydrogen) atoms. The zero-order valence-corrected chi connectivity index (χ0v) is 14.7. The first kappa shape index (κ1) is 17.9. The number of hydrogen-bond acceptors (Lipinski definition) is 5. The molecule has 0 saturated carbocycles. The lowest BCUT2D eigenvalue weighted by Gasteiger charge is -2.36. The number of carbonyl (C=O) groups is 1. The second-order valence-corrected chi connectivity index (χ2v) is 6.57.